The summed E-state index contributed by atoms with van der Waals surface area (Å²) < 4.78 is 5.09. The second-order valence-corrected chi connectivity index (χ2v) is 5.14. The van der Waals surface area contributed by atoms with Gasteiger partial charge >= 0.3 is 0 Å². The Kier molecular flexibility index (Phi) is 5.04. The summed E-state index contributed by atoms with van der Waals surface area (Å²) in [6, 6.07) is 10.2. The first-order valence-corrected chi connectivity index (χ1v) is 6.96. The normalized spacial score (nSPS) is 19.9. The molecule has 1 fully saturated rings. The van der Waals surface area contributed by atoms with Crippen molar-refractivity contribution in [2.75, 3.05) is 18.9 Å². The van der Waals surface area contributed by atoms with Gasteiger partial charge in [0.15, 0.2) is 0 Å². The predicted octanol–water partition coefficient (Wildman–Crippen LogP) is 1.48. The van der Waals surface area contributed by atoms with Gasteiger partial charge in [-0.1, -0.05) is 30.3 Å². The Bertz CT molecular complexity index is 341. The maximum atomic E-state index is 10.9. The highest BCUT2D eigenvalue weighted by Gasteiger charge is 2.22. The van der Waals surface area contributed by atoms with E-state index in [4.69, 9.17) is 4.74 Å². The standard InChI is InChI=1S/C13H17NO2S/c15-7-12(14-6-13-8-16-13)10-17-9-11-4-2-1-3-5-11/h1-5,7,12-14H,6,8-10H2. The molecular weight excluding hydrogens is 234 g/mol. The van der Waals surface area contributed by atoms with E-state index in [0.29, 0.717) is 6.10 Å². The fraction of sp³-hybridized carbons (Fsp3) is 0.462. The van der Waals surface area contributed by atoms with Gasteiger partial charge in [-0.05, 0) is 5.56 Å². The maximum absolute atomic E-state index is 10.9. The zero-order valence-electron chi connectivity index (χ0n) is 9.67. The lowest BCUT2D eigenvalue weighted by Crippen LogP contribution is -2.35. The summed E-state index contributed by atoms with van der Waals surface area (Å²) in [6.07, 6.45) is 1.32. The quantitative estimate of drug-likeness (QED) is 0.561. The van der Waals surface area contributed by atoms with Crippen molar-refractivity contribution in [1.29, 1.82) is 0 Å². The highest BCUT2D eigenvalue weighted by molar-refractivity contribution is 7.98. The SMILES string of the molecule is O=CC(CSCc1ccccc1)NCC1CO1. The maximum Gasteiger partial charge on any atom is 0.137 e. The van der Waals surface area contributed by atoms with Crippen LogP contribution in [0.25, 0.3) is 0 Å². The number of epoxide rings is 1. The van der Waals surface area contributed by atoms with Crippen LogP contribution in [0.5, 0.6) is 0 Å². The zero-order chi connectivity index (χ0) is 11.9. The smallest absolute Gasteiger partial charge is 0.137 e. The van der Waals surface area contributed by atoms with Crippen molar-refractivity contribution in [3.8, 4) is 0 Å². The van der Waals surface area contributed by atoms with E-state index in [9.17, 15) is 4.79 Å². The van der Waals surface area contributed by atoms with Gasteiger partial charge < -0.3 is 14.8 Å². The van der Waals surface area contributed by atoms with E-state index in [-0.39, 0.29) is 6.04 Å². The fourth-order valence-electron chi connectivity index (χ4n) is 1.49. The molecule has 2 rings (SSSR count). The molecule has 1 N–H and O–H groups in total. The van der Waals surface area contributed by atoms with Crippen LogP contribution in [0.1, 0.15) is 5.56 Å². The summed E-state index contributed by atoms with van der Waals surface area (Å²) in [6.45, 7) is 1.62. The van der Waals surface area contributed by atoms with E-state index in [2.05, 4.69) is 17.4 Å². The molecule has 0 aliphatic carbocycles. The molecule has 0 amide bonds. The lowest BCUT2D eigenvalue weighted by molar-refractivity contribution is -0.109. The lowest BCUT2D eigenvalue weighted by Gasteiger charge is -2.11. The number of nitrogens with one attached hydrogen (secondary N) is 1. The summed E-state index contributed by atoms with van der Waals surface area (Å²) in [5.41, 5.74) is 1.30. The average molecular weight is 251 g/mol. The number of ether oxygens (including phenoxy) is 1. The highest BCUT2D eigenvalue weighted by Crippen LogP contribution is 2.13. The van der Waals surface area contributed by atoms with Crippen LogP contribution in [0.3, 0.4) is 0 Å². The Morgan fingerprint density at radius 1 is 1.47 bits per heavy atom. The van der Waals surface area contributed by atoms with Gasteiger partial charge in [-0.25, -0.2) is 0 Å². The minimum absolute atomic E-state index is 0.0621. The molecule has 2 atom stereocenters. The van der Waals surface area contributed by atoms with Crippen molar-refractivity contribution >= 4 is 18.0 Å². The number of carbonyl (C=O) groups is 1. The first-order valence-electron chi connectivity index (χ1n) is 5.80. The van der Waals surface area contributed by atoms with Crippen molar-refractivity contribution < 1.29 is 9.53 Å². The van der Waals surface area contributed by atoms with Crippen LogP contribution in [0.15, 0.2) is 30.3 Å². The van der Waals surface area contributed by atoms with Gasteiger partial charge in [-0.2, -0.15) is 11.8 Å². The van der Waals surface area contributed by atoms with E-state index in [0.717, 1.165) is 30.9 Å². The van der Waals surface area contributed by atoms with Crippen LogP contribution in [-0.2, 0) is 15.3 Å². The summed E-state index contributed by atoms with van der Waals surface area (Å²) in [5.74, 6) is 1.76. The van der Waals surface area contributed by atoms with Crippen LogP contribution in [0.4, 0.5) is 0 Å². The molecule has 4 heteroatoms. The Balaban J connectivity index is 1.63. The molecule has 1 aromatic rings. The fourth-order valence-corrected chi connectivity index (χ4v) is 2.49. The van der Waals surface area contributed by atoms with Crippen molar-refractivity contribution in [2.45, 2.75) is 17.9 Å². The molecule has 1 saturated heterocycles. The van der Waals surface area contributed by atoms with Crippen LogP contribution in [-0.4, -0.2) is 37.3 Å². The second kappa shape index (κ2) is 6.79. The third kappa shape index (κ3) is 4.89. The number of thioether (sulfide) groups is 1. The first-order chi connectivity index (χ1) is 8.38. The summed E-state index contributed by atoms with van der Waals surface area (Å²) >= 11 is 1.78. The summed E-state index contributed by atoms with van der Waals surface area (Å²) in [7, 11) is 0. The van der Waals surface area contributed by atoms with Gasteiger partial charge in [-0.3, -0.25) is 0 Å². The second-order valence-electron chi connectivity index (χ2n) is 4.11. The largest absolute Gasteiger partial charge is 0.372 e. The molecule has 92 valence electrons. The highest BCUT2D eigenvalue weighted by atomic mass is 32.2. The van der Waals surface area contributed by atoms with Gasteiger partial charge in [0, 0.05) is 18.1 Å². The van der Waals surface area contributed by atoms with E-state index >= 15 is 0 Å². The summed E-state index contributed by atoms with van der Waals surface area (Å²) in [4.78, 5) is 10.9. The monoisotopic (exact) mass is 251 g/mol. The van der Waals surface area contributed by atoms with Gasteiger partial charge in [-0.15, -0.1) is 0 Å². The van der Waals surface area contributed by atoms with Crippen molar-refractivity contribution in [1.82, 2.24) is 5.32 Å². The molecule has 3 nitrogen and oxygen atoms in total. The zero-order valence-corrected chi connectivity index (χ0v) is 10.5. The predicted molar refractivity (Wildman–Crippen MR) is 70.2 cm³/mol. The summed E-state index contributed by atoms with van der Waals surface area (Å²) in [5, 5.41) is 3.20. The van der Waals surface area contributed by atoms with Crippen LogP contribution < -0.4 is 5.32 Å². The molecule has 1 aromatic carbocycles. The van der Waals surface area contributed by atoms with Crippen molar-refractivity contribution in [2.24, 2.45) is 0 Å². The Hall–Kier alpha value is -0.840. The molecular formula is C13H17NO2S. The molecule has 1 heterocycles. The average Bonchev–Trinajstić information content (AvgIpc) is 3.19. The number of carbonyl (C=O) groups excluding carboxylic acids is 1. The minimum Gasteiger partial charge on any atom is -0.372 e. The third-order valence-corrected chi connectivity index (χ3v) is 3.72. The molecule has 0 saturated carbocycles. The lowest BCUT2D eigenvalue weighted by atomic mass is 10.2. The molecule has 0 spiro atoms. The number of aldehydes is 1. The number of hydrogen-bond acceptors (Lipinski definition) is 4. The molecule has 0 aromatic heterocycles. The van der Waals surface area contributed by atoms with Crippen molar-refractivity contribution in [3.63, 3.8) is 0 Å². The van der Waals surface area contributed by atoms with Crippen molar-refractivity contribution in [3.05, 3.63) is 35.9 Å². The molecule has 2 unspecified atom stereocenters. The van der Waals surface area contributed by atoms with Crippen LogP contribution >= 0.6 is 11.8 Å². The molecule has 17 heavy (non-hydrogen) atoms. The third-order valence-electron chi connectivity index (χ3n) is 2.58. The Morgan fingerprint density at radius 3 is 2.88 bits per heavy atom. The first kappa shape index (κ1) is 12.6. The number of benzene rings is 1. The molecule has 1 aliphatic heterocycles. The molecule has 1 aliphatic rings. The van der Waals surface area contributed by atoms with Gasteiger partial charge in [0.25, 0.3) is 0 Å². The van der Waals surface area contributed by atoms with Gasteiger partial charge in [0.05, 0.1) is 18.8 Å². The minimum atomic E-state index is -0.0621. The Morgan fingerprint density at radius 2 is 2.24 bits per heavy atom. The Labute approximate surface area is 106 Å². The number of hydrogen-bond donors (Lipinski definition) is 1. The topological polar surface area (TPSA) is 41.6 Å². The van der Waals surface area contributed by atoms with Gasteiger partial charge in [0.2, 0.25) is 0 Å². The van der Waals surface area contributed by atoms with Gasteiger partial charge in [0.1, 0.15) is 6.29 Å². The van der Waals surface area contributed by atoms with Crippen LogP contribution in [0, 0.1) is 0 Å². The van der Waals surface area contributed by atoms with E-state index in [1.54, 1.807) is 11.8 Å². The molecule has 0 bridgehead atoms. The van der Waals surface area contributed by atoms with E-state index < -0.39 is 0 Å². The molecule has 0 radical (unpaired) electrons. The van der Waals surface area contributed by atoms with E-state index in [1.807, 2.05) is 18.2 Å². The van der Waals surface area contributed by atoms with Crippen LogP contribution in [0.2, 0.25) is 0 Å². The number of rotatable bonds is 8. The van der Waals surface area contributed by atoms with E-state index in [1.165, 1.54) is 5.56 Å².